The number of aromatic nitrogens is 5. The molecule has 4 rings (SSSR count). The smallest absolute Gasteiger partial charge is 0.272 e. The average Bonchev–Trinajstić information content (AvgIpc) is 3.18. The Kier molecular flexibility index (Phi) is 3.95. The molecule has 0 aliphatic heterocycles. The third-order valence-electron chi connectivity index (χ3n) is 4.83. The lowest BCUT2D eigenvalue weighted by atomic mass is 10.1. The SMILES string of the molecule is Cc1ccc(-c2c[nH]n3c(=O)cc(CCc4c(C)n[nH]c4C)nc23)cc1. The number of nitrogens with one attached hydrogen (secondary N) is 2. The average molecular weight is 347 g/mol. The van der Waals surface area contributed by atoms with Crippen LogP contribution in [0.3, 0.4) is 0 Å². The lowest BCUT2D eigenvalue weighted by Gasteiger charge is -2.04. The Morgan fingerprint density at radius 3 is 2.54 bits per heavy atom. The highest BCUT2D eigenvalue weighted by Gasteiger charge is 2.12. The van der Waals surface area contributed by atoms with Crippen molar-refractivity contribution >= 4 is 5.65 Å². The molecule has 0 saturated heterocycles. The van der Waals surface area contributed by atoms with Gasteiger partial charge in [0.2, 0.25) is 0 Å². The first-order chi connectivity index (χ1) is 12.5. The van der Waals surface area contributed by atoms with Crippen molar-refractivity contribution in [3.05, 3.63) is 75.1 Å². The number of benzene rings is 1. The van der Waals surface area contributed by atoms with Crippen molar-refractivity contribution in [2.75, 3.05) is 0 Å². The van der Waals surface area contributed by atoms with Gasteiger partial charge in [-0.25, -0.2) is 9.50 Å². The number of hydrogen-bond acceptors (Lipinski definition) is 3. The molecule has 4 aromatic rings. The molecular weight excluding hydrogens is 326 g/mol. The molecule has 0 unspecified atom stereocenters. The second kappa shape index (κ2) is 6.29. The number of H-pyrrole nitrogens is 2. The molecular formula is C20H21N5O. The van der Waals surface area contributed by atoms with Crippen molar-refractivity contribution in [1.29, 1.82) is 0 Å². The van der Waals surface area contributed by atoms with Crippen LogP contribution in [0.1, 0.15) is 28.2 Å². The standard InChI is InChI=1S/C20H21N5O/c1-12-4-6-15(7-5-12)18-11-21-25-19(26)10-16(22-20(18)25)8-9-17-13(2)23-24-14(17)3/h4-7,10-11,21H,8-9H2,1-3H3,(H,23,24). The molecule has 0 atom stereocenters. The predicted octanol–water partition coefficient (Wildman–Crippen LogP) is 3.12. The van der Waals surface area contributed by atoms with Gasteiger partial charge in [0, 0.05) is 29.2 Å². The molecule has 3 aromatic heterocycles. The number of aryl methyl sites for hydroxylation is 4. The van der Waals surface area contributed by atoms with E-state index < -0.39 is 0 Å². The van der Waals surface area contributed by atoms with E-state index in [9.17, 15) is 4.79 Å². The first-order valence-electron chi connectivity index (χ1n) is 8.70. The lowest BCUT2D eigenvalue weighted by Crippen LogP contribution is -2.16. The molecule has 0 aliphatic rings. The maximum atomic E-state index is 12.5. The highest BCUT2D eigenvalue weighted by atomic mass is 16.1. The van der Waals surface area contributed by atoms with Crippen LogP contribution in [0.2, 0.25) is 0 Å². The van der Waals surface area contributed by atoms with Gasteiger partial charge >= 0.3 is 0 Å². The molecule has 1 aromatic carbocycles. The van der Waals surface area contributed by atoms with E-state index >= 15 is 0 Å². The Hall–Kier alpha value is -3.15. The molecule has 0 saturated carbocycles. The summed E-state index contributed by atoms with van der Waals surface area (Å²) in [6, 6.07) is 9.83. The number of rotatable bonds is 4. The van der Waals surface area contributed by atoms with Crippen molar-refractivity contribution in [2.24, 2.45) is 0 Å². The molecule has 0 amide bonds. The van der Waals surface area contributed by atoms with E-state index in [1.807, 2.05) is 20.0 Å². The lowest BCUT2D eigenvalue weighted by molar-refractivity contribution is 0.848. The Morgan fingerprint density at radius 1 is 1.08 bits per heavy atom. The Bertz CT molecular complexity index is 1110. The molecule has 0 aliphatic carbocycles. The minimum atomic E-state index is -0.0935. The predicted molar refractivity (Wildman–Crippen MR) is 101 cm³/mol. The summed E-state index contributed by atoms with van der Waals surface area (Å²) in [6.45, 7) is 6.06. The fraction of sp³-hybridized carbons (Fsp3) is 0.250. The summed E-state index contributed by atoms with van der Waals surface area (Å²) >= 11 is 0. The van der Waals surface area contributed by atoms with Gasteiger partial charge in [-0.1, -0.05) is 29.8 Å². The van der Waals surface area contributed by atoms with Crippen molar-refractivity contribution < 1.29 is 0 Å². The normalized spacial score (nSPS) is 11.3. The maximum Gasteiger partial charge on any atom is 0.272 e. The third kappa shape index (κ3) is 2.83. The minimum absolute atomic E-state index is 0.0935. The van der Waals surface area contributed by atoms with Crippen LogP contribution in [0.15, 0.2) is 41.3 Å². The van der Waals surface area contributed by atoms with Crippen molar-refractivity contribution in [3.8, 4) is 11.1 Å². The molecule has 132 valence electrons. The summed E-state index contributed by atoms with van der Waals surface area (Å²) in [6.07, 6.45) is 3.34. The van der Waals surface area contributed by atoms with Crippen LogP contribution in [0.25, 0.3) is 16.8 Å². The molecule has 0 radical (unpaired) electrons. The number of aromatic amines is 2. The van der Waals surface area contributed by atoms with Crippen LogP contribution in [0.5, 0.6) is 0 Å². The summed E-state index contributed by atoms with van der Waals surface area (Å²) in [5.41, 5.74) is 7.80. The number of nitrogens with zero attached hydrogens (tertiary/aromatic N) is 3. The van der Waals surface area contributed by atoms with Gasteiger partial charge in [0.25, 0.3) is 5.56 Å². The van der Waals surface area contributed by atoms with Crippen LogP contribution in [0, 0.1) is 20.8 Å². The molecule has 6 heteroatoms. The summed E-state index contributed by atoms with van der Waals surface area (Å²) in [5, 5.41) is 10.2. The molecule has 6 nitrogen and oxygen atoms in total. The van der Waals surface area contributed by atoms with Crippen LogP contribution in [-0.2, 0) is 12.8 Å². The molecule has 0 bridgehead atoms. The first-order valence-corrected chi connectivity index (χ1v) is 8.70. The monoisotopic (exact) mass is 347 g/mol. The summed E-state index contributed by atoms with van der Waals surface area (Å²) in [7, 11) is 0. The van der Waals surface area contributed by atoms with Crippen LogP contribution in [-0.4, -0.2) is 24.8 Å². The fourth-order valence-corrected chi connectivity index (χ4v) is 3.30. The van der Waals surface area contributed by atoms with Gasteiger partial charge in [0.1, 0.15) is 0 Å². The Balaban J connectivity index is 1.72. The molecule has 0 spiro atoms. The summed E-state index contributed by atoms with van der Waals surface area (Å²) in [4.78, 5) is 17.2. The van der Waals surface area contributed by atoms with E-state index in [1.165, 1.54) is 15.6 Å². The van der Waals surface area contributed by atoms with Crippen molar-refractivity contribution in [1.82, 2.24) is 24.8 Å². The van der Waals surface area contributed by atoms with Gasteiger partial charge in [0.05, 0.1) is 5.69 Å². The quantitative estimate of drug-likeness (QED) is 0.595. The van der Waals surface area contributed by atoms with Gasteiger partial charge in [-0.05, 0) is 44.7 Å². The second-order valence-corrected chi connectivity index (χ2v) is 6.71. The van der Waals surface area contributed by atoms with Gasteiger partial charge < -0.3 is 0 Å². The first kappa shape index (κ1) is 16.3. The highest BCUT2D eigenvalue weighted by molar-refractivity contribution is 5.77. The zero-order chi connectivity index (χ0) is 18.3. The van der Waals surface area contributed by atoms with Gasteiger partial charge in [-0.2, -0.15) is 5.10 Å². The topological polar surface area (TPSA) is 78.8 Å². The fourth-order valence-electron chi connectivity index (χ4n) is 3.30. The largest absolute Gasteiger partial charge is 0.296 e. The number of fused-ring (bicyclic) bond motifs is 1. The van der Waals surface area contributed by atoms with Crippen LogP contribution < -0.4 is 5.56 Å². The van der Waals surface area contributed by atoms with Crippen LogP contribution in [0.4, 0.5) is 0 Å². The van der Waals surface area contributed by atoms with Gasteiger partial charge in [-0.15, -0.1) is 0 Å². The van der Waals surface area contributed by atoms with Crippen molar-refractivity contribution in [2.45, 2.75) is 33.6 Å². The van der Waals surface area contributed by atoms with E-state index in [0.29, 0.717) is 12.1 Å². The Morgan fingerprint density at radius 2 is 1.85 bits per heavy atom. The molecule has 0 fully saturated rings. The molecule has 2 N–H and O–H groups in total. The van der Waals surface area contributed by atoms with Crippen molar-refractivity contribution in [3.63, 3.8) is 0 Å². The highest BCUT2D eigenvalue weighted by Crippen LogP contribution is 2.23. The molecule has 26 heavy (non-hydrogen) atoms. The van der Waals surface area contributed by atoms with Gasteiger partial charge in [0.15, 0.2) is 5.65 Å². The zero-order valence-electron chi connectivity index (χ0n) is 15.1. The van der Waals surface area contributed by atoms with E-state index in [1.54, 1.807) is 6.07 Å². The Labute approximate surface area is 150 Å². The van der Waals surface area contributed by atoms with E-state index in [2.05, 4.69) is 46.5 Å². The third-order valence-corrected chi connectivity index (χ3v) is 4.83. The number of hydrogen-bond donors (Lipinski definition) is 2. The molecule has 3 heterocycles. The van der Waals surface area contributed by atoms with Crippen LogP contribution >= 0.6 is 0 Å². The summed E-state index contributed by atoms with van der Waals surface area (Å²) in [5.74, 6) is 0. The van der Waals surface area contributed by atoms with E-state index in [4.69, 9.17) is 4.98 Å². The van der Waals surface area contributed by atoms with E-state index in [-0.39, 0.29) is 5.56 Å². The minimum Gasteiger partial charge on any atom is -0.296 e. The van der Waals surface area contributed by atoms with E-state index in [0.717, 1.165) is 34.6 Å². The van der Waals surface area contributed by atoms with Gasteiger partial charge in [-0.3, -0.25) is 15.0 Å². The maximum absolute atomic E-state index is 12.5. The summed E-state index contributed by atoms with van der Waals surface area (Å²) < 4.78 is 1.49. The zero-order valence-corrected chi connectivity index (χ0v) is 15.1. The second-order valence-electron chi connectivity index (χ2n) is 6.71.